The zero-order valence-corrected chi connectivity index (χ0v) is 12.6. The molecule has 0 unspecified atom stereocenters. The third kappa shape index (κ3) is 2.50. The minimum atomic E-state index is -0.0897. The van der Waals surface area contributed by atoms with Crippen molar-refractivity contribution in [3.63, 3.8) is 0 Å². The van der Waals surface area contributed by atoms with Crippen LogP contribution in [-0.2, 0) is 11.8 Å². The Morgan fingerprint density at radius 1 is 1.10 bits per heavy atom. The number of aryl methyl sites for hydroxylation is 1. The molecule has 1 heterocycles. The van der Waals surface area contributed by atoms with Gasteiger partial charge in [-0.15, -0.1) is 0 Å². The van der Waals surface area contributed by atoms with E-state index in [1.165, 1.54) is 6.92 Å². The summed E-state index contributed by atoms with van der Waals surface area (Å²) in [6.45, 7) is 1.49. The van der Waals surface area contributed by atoms with Crippen molar-refractivity contribution in [3.05, 3.63) is 42.5 Å². The van der Waals surface area contributed by atoms with Crippen molar-refractivity contribution in [3.8, 4) is 0 Å². The van der Waals surface area contributed by atoms with E-state index in [9.17, 15) is 4.79 Å². The summed E-state index contributed by atoms with van der Waals surface area (Å²) < 4.78 is 2.11. The van der Waals surface area contributed by atoms with Gasteiger partial charge in [-0.25, -0.2) is 0 Å². The molecule has 0 aliphatic rings. The Hall–Kier alpha value is -2.33. The van der Waals surface area contributed by atoms with Crippen molar-refractivity contribution in [1.82, 2.24) is 0 Å². The molecule has 3 N–H and O–H groups in total. The summed E-state index contributed by atoms with van der Waals surface area (Å²) in [5.41, 5.74) is 9.92. The number of carbonyl (C=O) groups is 1. The zero-order chi connectivity index (χ0) is 14.3. The first-order valence-corrected chi connectivity index (χ1v) is 6.45. The number of para-hydroxylation sites is 1. The number of carbonyl (C=O) groups excluding carboxylic acids is 1. The number of hydrogen-bond donors (Lipinski definition) is 2. The maximum Gasteiger partial charge on any atom is 0.221 e. The molecule has 0 atom stereocenters. The minimum Gasteiger partial charge on any atom is -1.00 e. The quantitative estimate of drug-likeness (QED) is 0.464. The smallest absolute Gasteiger partial charge is 0.221 e. The molecule has 2 aromatic carbocycles. The van der Waals surface area contributed by atoms with E-state index in [4.69, 9.17) is 5.73 Å². The lowest BCUT2D eigenvalue weighted by molar-refractivity contribution is -0.617. The van der Waals surface area contributed by atoms with Crippen LogP contribution >= 0.6 is 0 Å². The molecule has 0 spiro atoms. The molecule has 0 aliphatic heterocycles. The number of pyridine rings is 1. The number of nitrogen functional groups attached to an aromatic ring is 1. The molecule has 0 fully saturated rings. The van der Waals surface area contributed by atoms with Gasteiger partial charge in [-0.1, -0.05) is 12.1 Å². The van der Waals surface area contributed by atoms with Crippen molar-refractivity contribution < 1.29 is 21.8 Å². The monoisotopic (exact) mass is 301 g/mol. The number of benzene rings is 2. The van der Waals surface area contributed by atoms with E-state index in [2.05, 4.69) is 9.88 Å². The van der Waals surface area contributed by atoms with Gasteiger partial charge in [-0.2, -0.15) is 4.57 Å². The Bertz CT molecular complexity index is 846. The Labute approximate surface area is 129 Å². The van der Waals surface area contributed by atoms with Crippen LogP contribution in [0.25, 0.3) is 21.8 Å². The first-order valence-electron chi connectivity index (χ1n) is 6.45. The van der Waals surface area contributed by atoms with E-state index in [0.29, 0.717) is 0 Å². The predicted octanol–water partition coefficient (Wildman–Crippen LogP) is -0.638. The SMILES string of the molecule is CC(=O)Nc1ccc2c(c1)c(N)c1ccccc1[n+]2C.[Cl-]. The van der Waals surface area contributed by atoms with Gasteiger partial charge in [0, 0.05) is 24.7 Å². The zero-order valence-electron chi connectivity index (χ0n) is 11.9. The van der Waals surface area contributed by atoms with Gasteiger partial charge in [0.05, 0.1) is 16.5 Å². The topological polar surface area (TPSA) is 59.0 Å². The fourth-order valence-corrected chi connectivity index (χ4v) is 2.59. The van der Waals surface area contributed by atoms with Crippen LogP contribution in [0.2, 0.25) is 0 Å². The first-order chi connectivity index (χ1) is 9.58. The summed E-state index contributed by atoms with van der Waals surface area (Å²) in [5.74, 6) is -0.0897. The number of aromatic nitrogens is 1. The molecule has 3 aromatic rings. The van der Waals surface area contributed by atoms with E-state index >= 15 is 0 Å². The predicted molar refractivity (Wildman–Crippen MR) is 81.3 cm³/mol. The lowest BCUT2D eigenvalue weighted by Gasteiger charge is -2.08. The van der Waals surface area contributed by atoms with E-state index < -0.39 is 0 Å². The maximum absolute atomic E-state index is 11.2. The third-order valence-electron chi connectivity index (χ3n) is 3.52. The Morgan fingerprint density at radius 2 is 1.76 bits per heavy atom. The number of nitrogens with two attached hydrogens (primary N) is 1. The van der Waals surface area contributed by atoms with Gasteiger partial charge in [-0.05, 0) is 18.2 Å². The van der Waals surface area contributed by atoms with Crippen molar-refractivity contribution in [2.24, 2.45) is 7.05 Å². The van der Waals surface area contributed by atoms with Gasteiger partial charge in [0.25, 0.3) is 0 Å². The number of hydrogen-bond acceptors (Lipinski definition) is 2. The molecule has 0 saturated heterocycles. The van der Waals surface area contributed by atoms with E-state index in [1.807, 2.05) is 49.5 Å². The highest BCUT2D eigenvalue weighted by Gasteiger charge is 2.16. The number of nitrogens with zero attached hydrogens (tertiary/aromatic N) is 1. The summed E-state index contributed by atoms with van der Waals surface area (Å²) >= 11 is 0. The summed E-state index contributed by atoms with van der Waals surface area (Å²) in [5, 5.41) is 4.75. The molecule has 0 saturated carbocycles. The number of rotatable bonds is 1. The molecule has 21 heavy (non-hydrogen) atoms. The molecule has 4 nitrogen and oxygen atoms in total. The van der Waals surface area contributed by atoms with Gasteiger partial charge in [0.1, 0.15) is 7.05 Å². The Kier molecular flexibility index (Phi) is 4.00. The van der Waals surface area contributed by atoms with E-state index in [0.717, 1.165) is 33.2 Å². The minimum absolute atomic E-state index is 0. The summed E-state index contributed by atoms with van der Waals surface area (Å²) in [6.07, 6.45) is 0. The average molecular weight is 302 g/mol. The molecule has 1 amide bonds. The fraction of sp³-hybridized carbons (Fsp3) is 0.125. The van der Waals surface area contributed by atoms with E-state index in [1.54, 1.807) is 0 Å². The van der Waals surface area contributed by atoms with Crippen molar-refractivity contribution in [2.45, 2.75) is 6.92 Å². The van der Waals surface area contributed by atoms with E-state index in [-0.39, 0.29) is 18.3 Å². The van der Waals surface area contributed by atoms with Crippen molar-refractivity contribution in [2.75, 3.05) is 11.1 Å². The number of nitrogens with one attached hydrogen (secondary N) is 1. The van der Waals surface area contributed by atoms with Gasteiger partial charge >= 0.3 is 0 Å². The van der Waals surface area contributed by atoms with Gasteiger partial charge in [-0.3, -0.25) is 4.79 Å². The largest absolute Gasteiger partial charge is 1.00 e. The van der Waals surface area contributed by atoms with Crippen LogP contribution in [0.3, 0.4) is 0 Å². The van der Waals surface area contributed by atoms with Gasteiger partial charge < -0.3 is 23.5 Å². The van der Waals surface area contributed by atoms with Gasteiger partial charge in [0.15, 0.2) is 0 Å². The molecule has 3 rings (SSSR count). The first kappa shape index (κ1) is 15.1. The highest BCUT2D eigenvalue weighted by molar-refractivity contribution is 6.05. The van der Waals surface area contributed by atoms with Crippen LogP contribution in [0.1, 0.15) is 6.92 Å². The third-order valence-corrected chi connectivity index (χ3v) is 3.52. The van der Waals surface area contributed by atoms with Crippen LogP contribution in [-0.4, -0.2) is 5.91 Å². The summed E-state index contributed by atoms with van der Waals surface area (Å²) in [6, 6.07) is 13.8. The molecule has 0 radical (unpaired) electrons. The second-order valence-electron chi connectivity index (χ2n) is 4.90. The van der Waals surface area contributed by atoms with Crippen LogP contribution in [0.15, 0.2) is 42.5 Å². The number of fused-ring (bicyclic) bond motifs is 2. The number of anilines is 2. The highest BCUT2D eigenvalue weighted by Crippen LogP contribution is 2.28. The van der Waals surface area contributed by atoms with Crippen LogP contribution < -0.4 is 28.0 Å². The summed E-state index contributed by atoms with van der Waals surface area (Å²) in [7, 11) is 2.02. The van der Waals surface area contributed by atoms with Crippen molar-refractivity contribution in [1.29, 1.82) is 0 Å². The Balaban J connectivity index is 0.00000161. The normalized spacial score (nSPS) is 10.4. The Morgan fingerprint density at radius 3 is 2.48 bits per heavy atom. The second kappa shape index (κ2) is 5.58. The van der Waals surface area contributed by atoms with Crippen molar-refractivity contribution >= 4 is 39.1 Å². The van der Waals surface area contributed by atoms with Crippen LogP contribution in [0, 0.1) is 0 Å². The molecular weight excluding hydrogens is 286 g/mol. The highest BCUT2D eigenvalue weighted by atomic mass is 35.5. The maximum atomic E-state index is 11.2. The fourth-order valence-electron chi connectivity index (χ4n) is 2.59. The molecule has 5 heteroatoms. The lowest BCUT2D eigenvalue weighted by Crippen LogP contribution is -3.00. The standard InChI is InChI=1S/C16H15N3O.ClH/c1-10(20)18-11-7-8-15-13(9-11)16(17)12-5-3-4-6-14(12)19(15)2;/h3-9,17H,1-2H3,(H,18,20);1H. The lowest BCUT2D eigenvalue weighted by atomic mass is 10.1. The average Bonchev–Trinajstić information content (AvgIpc) is 2.44. The number of halogens is 1. The summed E-state index contributed by atoms with van der Waals surface area (Å²) in [4.78, 5) is 11.2. The molecule has 0 bridgehead atoms. The molecular formula is C16H16ClN3O. The molecule has 108 valence electrons. The second-order valence-corrected chi connectivity index (χ2v) is 4.90. The van der Waals surface area contributed by atoms with Crippen LogP contribution in [0.4, 0.5) is 11.4 Å². The molecule has 1 aromatic heterocycles. The molecule has 0 aliphatic carbocycles. The number of amides is 1. The van der Waals surface area contributed by atoms with Gasteiger partial charge in [0.2, 0.25) is 16.9 Å². The van der Waals surface area contributed by atoms with Crippen LogP contribution in [0.5, 0.6) is 0 Å².